The second-order valence-corrected chi connectivity index (χ2v) is 6.27. The zero-order valence-electron chi connectivity index (χ0n) is 14.2. The summed E-state index contributed by atoms with van der Waals surface area (Å²) in [6, 6.07) is 7.41. The maximum atomic E-state index is 12.0. The van der Waals surface area contributed by atoms with Crippen LogP contribution in [-0.4, -0.2) is 67.6 Å². The van der Waals surface area contributed by atoms with Crippen LogP contribution in [-0.2, 0) is 4.79 Å². The van der Waals surface area contributed by atoms with Crippen molar-refractivity contribution in [2.75, 3.05) is 45.9 Å². The van der Waals surface area contributed by atoms with Crippen LogP contribution in [0.2, 0.25) is 5.02 Å². The number of carbonyl (C=O) groups excluding carboxylic acids is 1. The van der Waals surface area contributed by atoms with Crippen LogP contribution in [0.4, 0.5) is 0 Å². The Bertz CT molecular complexity index is 545. The summed E-state index contributed by atoms with van der Waals surface area (Å²) in [5.41, 5.74) is 0. The van der Waals surface area contributed by atoms with Crippen molar-refractivity contribution in [1.29, 1.82) is 0 Å². The minimum Gasteiger partial charge on any atom is -0.491 e. The standard InChI is InChI=1S/C18H26ClN3O2/c1-3-8-20-18(23)15(2)22-11-9-21(10-12-22)13-14-24-17-7-5-4-6-16(17)19/h3-7,15H,1,8-14H2,2H3,(H,20,23). The molecule has 1 heterocycles. The molecule has 1 fully saturated rings. The van der Waals surface area contributed by atoms with Crippen molar-refractivity contribution >= 4 is 17.5 Å². The number of halogens is 1. The van der Waals surface area contributed by atoms with E-state index in [2.05, 4.69) is 21.7 Å². The molecule has 24 heavy (non-hydrogen) atoms. The predicted molar refractivity (Wildman–Crippen MR) is 97.6 cm³/mol. The molecular weight excluding hydrogens is 326 g/mol. The van der Waals surface area contributed by atoms with Crippen LogP contribution in [0.25, 0.3) is 0 Å². The van der Waals surface area contributed by atoms with Crippen LogP contribution in [0.15, 0.2) is 36.9 Å². The van der Waals surface area contributed by atoms with Gasteiger partial charge in [0.1, 0.15) is 12.4 Å². The van der Waals surface area contributed by atoms with E-state index in [1.807, 2.05) is 31.2 Å². The van der Waals surface area contributed by atoms with Gasteiger partial charge >= 0.3 is 0 Å². The molecule has 0 bridgehead atoms. The third kappa shape index (κ3) is 5.51. The molecule has 1 saturated heterocycles. The van der Waals surface area contributed by atoms with Crippen LogP contribution in [0.1, 0.15) is 6.92 Å². The van der Waals surface area contributed by atoms with E-state index in [0.717, 1.165) is 38.5 Å². The van der Waals surface area contributed by atoms with Crippen molar-refractivity contribution in [2.45, 2.75) is 13.0 Å². The summed E-state index contributed by atoms with van der Waals surface area (Å²) < 4.78 is 5.74. The summed E-state index contributed by atoms with van der Waals surface area (Å²) >= 11 is 6.08. The quantitative estimate of drug-likeness (QED) is 0.728. The van der Waals surface area contributed by atoms with Gasteiger partial charge in [0.15, 0.2) is 0 Å². The maximum Gasteiger partial charge on any atom is 0.237 e. The van der Waals surface area contributed by atoms with Crippen LogP contribution in [0, 0.1) is 0 Å². The average Bonchev–Trinajstić information content (AvgIpc) is 2.61. The number of hydrogen-bond donors (Lipinski definition) is 1. The molecule has 2 rings (SSSR count). The molecule has 1 aromatic carbocycles. The Morgan fingerprint density at radius 1 is 1.38 bits per heavy atom. The van der Waals surface area contributed by atoms with E-state index in [4.69, 9.17) is 16.3 Å². The van der Waals surface area contributed by atoms with E-state index in [-0.39, 0.29) is 11.9 Å². The highest BCUT2D eigenvalue weighted by molar-refractivity contribution is 6.32. The maximum absolute atomic E-state index is 12.0. The molecule has 5 nitrogen and oxygen atoms in total. The van der Waals surface area contributed by atoms with Gasteiger partial charge in [-0.2, -0.15) is 0 Å². The smallest absolute Gasteiger partial charge is 0.237 e. The van der Waals surface area contributed by atoms with E-state index in [1.54, 1.807) is 6.08 Å². The third-order valence-electron chi connectivity index (χ3n) is 4.26. The molecular formula is C18H26ClN3O2. The molecule has 1 aliphatic rings. The zero-order chi connectivity index (χ0) is 17.4. The highest BCUT2D eigenvalue weighted by atomic mass is 35.5. The average molecular weight is 352 g/mol. The summed E-state index contributed by atoms with van der Waals surface area (Å²) in [5.74, 6) is 0.788. The van der Waals surface area contributed by atoms with Gasteiger partial charge in [0, 0.05) is 39.3 Å². The van der Waals surface area contributed by atoms with E-state index in [1.165, 1.54) is 0 Å². The van der Waals surface area contributed by atoms with E-state index < -0.39 is 0 Å². The minimum absolute atomic E-state index is 0.0606. The molecule has 0 radical (unpaired) electrons. The highest BCUT2D eigenvalue weighted by Gasteiger charge is 2.25. The van der Waals surface area contributed by atoms with Gasteiger partial charge in [-0.3, -0.25) is 14.6 Å². The topological polar surface area (TPSA) is 44.8 Å². The second kappa shape index (κ2) is 9.67. The van der Waals surface area contributed by atoms with Crippen LogP contribution >= 0.6 is 11.6 Å². The second-order valence-electron chi connectivity index (χ2n) is 5.87. The Balaban J connectivity index is 1.68. The molecule has 1 N–H and O–H groups in total. The SMILES string of the molecule is C=CCNC(=O)C(C)N1CCN(CCOc2ccccc2Cl)CC1. The van der Waals surface area contributed by atoms with Gasteiger partial charge in [-0.05, 0) is 19.1 Å². The van der Waals surface area contributed by atoms with E-state index in [9.17, 15) is 4.79 Å². The molecule has 0 saturated carbocycles. The monoisotopic (exact) mass is 351 g/mol. The Hall–Kier alpha value is -1.56. The first-order valence-electron chi connectivity index (χ1n) is 8.34. The zero-order valence-corrected chi connectivity index (χ0v) is 15.0. The van der Waals surface area contributed by atoms with Crippen molar-refractivity contribution in [2.24, 2.45) is 0 Å². The lowest BCUT2D eigenvalue weighted by atomic mass is 10.2. The molecule has 0 aliphatic carbocycles. The third-order valence-corrected chi connectivity index (χ3v) is 4.57. The van der Waals surface area contributed by atoms with E-state index in [0.29, 0.717) is 18.2 Å². The lowest BCUT2D eigenvalue weighted by molar-refractivity contribution is -0.126. The van der Waals surface area contributed by atoms with Crippen molar-refractivity contribution in [1.82, 2.24) is 15.1 Å². The van der Waals surface area contributed by atoms with E-state index >= 15 is 0 Å². The molecule has 1 aromatic rings. The van der Waals surface area contributed by atoms with Gasteiger partial charge in [0.2, 0.25) is 5.91 Å². The molecule has 1 atom stereocenters. The summed E-state index contributed by atoms with van der Waals surface area (Å²) in [7, 11) is 0. The molecule has 1 aliphatic heterocycles. The molecule has 6 heteroatoms. The highest BCUT2D eigenvalue weighted by Crippen LogP contribution is 2.22. The molecule has 0 spiro atoms. The summed E-state index contributed by atoms with van der Waals surface area (Å²) in [6.45, 7) is 11.2. The van der Waals surface area contributed by atoms with Crippen LogP contribution in [0.5, 0.6) is 5.75 Å². The first-order chi connectivity index (χ1) is 11.6. The first kappa shape index (κ1) is 18.8. The Kier molecular flexibility index (Phi) is 7.56. The van der Waals surface area contributed by atoms with Crippen LogP contribution in [0.3, 0.4) is 0 Å². The van der Waals surface area contributed by atoms with Crippen molar-refractivity contribution in [3.8, 4) is 5.75 Å². The van der Waals surface area contributed by atoms with Gasteiger partial charge in [-0.15, -0.1) is 6.58 Å². The van der Waals surface area contributed by atoms with Gasteiger partial charge in [-0.1, -0.05) is 29.8 Å². The Morgan fingerprint density at radius 2 is 2.08 bits per heavy atom. The number of nitrogens with one attached hydrogen (secondary N) is 1. The number of piperazine rings is 1. The summed E-state index contributed by atoms with van der Waals surface area (Å²) in [4.78, 5) is 16.6. The lowest BCUT2D eigenvalue weighted by Crippen LogP contribution is -2.54. The molecule has 132 valence electrons. The minimum atomic E-state index is -0.105. The number of ether oxygens (including phenoxy) is 1. The van der Waals surface area contributed by atoms with Gasteiger partial charge in [-0.25, -0.2) is 0 Å². The number of amides is 1. The van der Waals surface area contributed by atoms with Crippen molar-refractivity contribution < 1.29 is 9.53 Å². The van der Waals surface area contributed by atoms with Crippen molar-refractivity contribution in [3.05, 3.63) is 41.9 Å². The first-order valence-corrected chi connectivity index (χ1v) is 8.72. The number of carbonyl (C=O) groups is 1. The number of para-hydroxylation sites is 1. The predicted octanol–water partition coefficient (Wildman–Crippen LogP) is 2.03. The molecule has 1 amide bonds. The number of rotatable bonds is 8. The fourth-order valence-corrected chi connectivity index (χ4v) is 2.90. The lowest BCUT2D eigenvalue weighted by Gasteiger charge is -2.37. The summed E-state index contributed by atoms with van der Waals surface area (Å²) in [5, 5.41) is 3.49. The largest absolute Gasteiger partial charge is 0.491 e. The number of nitrogens with zero attached hydrogens (tertiary/aromatic N) is 2. The molecule has 1 unspecified atom stereocenters. The summed E-state index contributed by atoms with van der Waals surface area (Å²) in [6.07, 6.45) is 1.70. The Morgan fingerprint density at radius 3 is 2.75 bits per heavy atom. The van der Waals surface area contributed by atoms with Crippen molar-refractivity contribution in [3.63, 3.8) is 0 Å². The van der Waals surface area contributed by atoms with Gasteiger partial charge < -0.3 is 10.1 Å². The number of hydrogen-bond acceptors (Lipinski definition) is 4. The van der Waals surface area contributed by atoms with Gasteiger partial charge in [0.25, 0.3) is 0 Å². The Labute approximate surface area is 149 Å². The van der Waals surface area contributed by atoms with Crippen LogP contribution < -0.4 is 10.1 Å². The fraction of sp³-hybridized carbons (Fsp3) is 0.500. The van der Waals surface area contributed by atoms with Gasteiger partial charge in [0.05, 0.1) is 11.1 Å². The fourth-order valence-electron chi connectivity index (χ4n) is 2.71. The molecule has 0 aromatic heterocycles. The number of benzene rings is 1. The normalized spacial score (nSPS) is 17.2.